The normalized spacial score (nSPS) is 11.2. The lowest BCUT2D eigenvalue weighted by Crippen LogP contribution is -2.02. The van der Waals surface area contributed by atoms with Gasteiger partial charge in [0.1, 0.15) is 0 Å². The van der Waals surface area contributed by atoms with Crippen LogP contribution >= 0.6 is 0 Å². The minimum atomic E-state index is 0.993. The maximum atomic E-state index is 2.35. The Balaban J connectivity index is 0.000000332. The lowest BCUT2D eigenvalue weighted by Gasteiger charge is -2.16. The second kappa shape index (κ2) is 10.1. The predicted octanol–water partition coefficient (Wildman–Crippen LogP) is 8.13. The molecule has 0 unspecified atom stereocenters. The zero-order valence-electron chi connectivity index (χ0n) is 18.8. The summed E-state index contributed by atoms with van der Waals surface area (Å²) in [4.78, 5) is 0. The average molecular weight is 425 g/mol. The van der Waals surface area contributed by atoms with E-state index in [1.54, 1.807) is 0 Å². The third-order valence-electron chi connectivity index (χ3n) is 6.33. The van der Waals surface area contributed by atoms with E-state index < -0.39 is 0 Å². The highest BCUT2D eigenvalue weighted by Gasteiger charge is 2.22. The van der Waals surface area contributed by atoms with Crippen LogP contribution in [0.15, 0.2) is 133 Å². The summed E-state index contributed by atoms with van der Waals surface area (Å²) in [7, 11) is 0. The van der Waals surface area contributed by atoms with Gasteiger partial charge in [0.15, 0.2) is 0 Å². The molecule has 0 bridgehead atoms. The summed E-state index contributed by atoms with van der Waals surface area (Å²) in [5.74, 6) is 0. The van der Waals surface area contributed by atoms with Gasteiger partial charge in [0.2, 0.25) is 0 Å². The molecule has 1 aliphatic carbocycles. The Hall–Kier alpha value is -3.90. The highest BCUT2D eigenvalue weighted by Crippen LogP contribution is 2.40. The molecule has 160 valence electrons. The monoisotopic (exact) mass is 424 g/mol. The molecule has 0 amide bonds. The Morgan fingerprint density at radius 1 is 0.424 bits per heavy atom. The van der Waals surface area contributed by atoms with E-state index in [-0.39, 0.29) is 0 Å². The van der Waals surface area contributed by atoms with E-state index in [0.29, 0.717) is 0 Å². The molecular formula is C33H28. The van der Waals surface area contributed by atoms with Gasteiger partial charge in [0.05, 0.1) is 0 Å². The molecule has 5 aromatic rings. The van der Waals surface area contributed by atoms with E-state index in [2.05, 4.69) is 97.1 Å². The smallest absolute Gasteiger partial charge is 0.00105 e. The van der Waals surface area contributed by atoms with Crippen molar-refractivity contribution >= 4 is 0 Å². The molecule has 0 atom stereocenters. The molecule has 5 aromatic carbocycles. The van der Waals surface area contributed by atoms with Crippen molar-refractivity contribution in [1.82, 2.24) is 0 Å². The quantitative estimate of drug-likeness (QED) is 0.268. The van der Waals surface area contributed by atoms with Gasteiger partial charge >= 0.3 is 0 Å². The van der Waals surface area contributed by atoms with Crippen LogP contribution in [0.25, 0.3) is 11.1 Å². The molecule has 0 saturated heterocycles. The Morgan fingerprint density at radius 3 is 1.58 bits per heavy atom. The van der Waals surface area contributed by atoms with Crippen molar-refractivity contribution in [1.29, 1.82) is 0 Å². The molecule has 0 aromatic heterocycles. The molecule has 0 N–H and O–H groups in total. The molecule has 0 radical (unpaired) electrons. The molecule has 0 saturated carbocycles. The van der Waals surface area contributed by atoms with Gasteiger partial charge in [-0.3, -0.25) is 0 Å². The van der Waals surface area contributed by atoms with Crippen LogP contribution in [-0.2, 0) is 19.3 Å². The van der Waals surface area contributed by atoms with Crippen LogP contribution in [-0.4, -0.2) is 0 Å². The van der Waals surface area contributed by atoms with Crippen molar-refractivity contribution in [2.45, 2.75) is 19.3 Å². The molecule has 0 fully saturated rings. The second-order valence-corrected chi connectivity index (χ2v) is 8.54. The van der Waals surface area contributed by atoms with Crippen LogP contribution < -0.4 is 0 Å². The fraction of sp³-hybridized carbons (Fsp3) is 0.0909. The number of hydrogen-bond acceptors (Lipinski definition) is 0. The van der Waals surface area contributed by atoms with Crippen LogP contribution in [0.5, 0.6) is 0 Å². The van der Waals surface area contributed by atoms with Crippen molar-refractivity contribution in [3.63, 3.8) is 0 Å². The van der Waals surface area contributed by atoms with Crippen molar-refractivity contribution in [3.05, 3.63) is 167 Å². The van der Waals surface area contributed by atoms with E-state index in [1.165, 1.54) is 44.5 Å². The highest BCUT2D eigenvalue weighted by molar-refractivity contribution is 5.78. The molecular weight excluding hydrogens is 396 g/mol. The van der Waals surface area contributed by atoms with Gasteiger partial charge in [-0.05, 0) is 63.8 Å². The highest BCUT2D eigenvalue weighted by atomic mass is 14.3. The molecule has 0 spiro atoms. The van der Waals surface area contributed by atoms with Gasteiger partial charge in [-0.1, -0.05) is 133 Å². The average Bonchev–Trinajstić information content (AvgIpc) is 3.27. The summed E-state index contributed by atoms with van der Waals surface area (Å²) >= 11 is 0. The Labute approximate surface area is 197 Å². The standard InChI is InChI=1S/C27H22.C6H6/c1-3-9-20(10-4-1)17-23-15-16-25-24-14-8-7-13-22(24)19-27(25)26(23)18-21-11-5-2-6-12-21;1-2-4-6-5-3-1/h1-16H,17-19H2;1-6H. The van der Waals surface area contributed by atoms with Crippen LogP contribution in [0.2, 0.25) is 0 Å². The Bertz CT molecular complexity index is 1280. The molecule has 1 aliphatic rings. The van der Waals surface area contributed by atoms with Crippen LogP contribution in [0, 0.1) is 0 Å². The lowest BCUT2D eigenvalue weighted by atomic mass is 9.89. The van der Waals surface area contributed by atoms with Crippen molar-refractivity contribution in [3.8, 4) is 11.1 Å². The summed E-state index contributed by atoms with van der Waals surface area (Å²) in [6.07, 6.45) is 3.04. The zero-order chi connectivity index (χ0) is 22.3. The first-order valence-electron chi connectivity index (χ1n) is 11.7. The first-order chi connectivity index (χ1) is 16.4. The molecule has 6 rings (SSSR count). The van der Waals surface area contributed by atoms with E-state index in [1.807, 2.05) is 36.4 Å². The van der Waals surface area contributed by atoms with Crippen LogP contribution in [0.3, 0.4) is 0 Å². The number of fused-ring (bicyclic) bond motifs is 3. The molecule has 0 heterocycles. The SMILES string of the molecule is c1ccc(Cc2ccc3c(c2Cc2ccccc2)Cc2ccccc2-3)cc1.c1ccccc1. The van der Waals surface area contributed by atoms with Gasteiger partial charge < -0.3 is 0 Å². The van der Waals surface area contributed by atoms with Gasteiger partial charge in [-0.2, -0.15) is 0 Å². The van der Waals surface area contributed by atoms with E-state index in [4.69, 9.17) is 0 Å². The predicted molar refractivity (Wildman–Crippen MR) is 140 cm³/mol. The van der Waals surface area contributed by atoms with Gasteiger partial charge in [-0.25, -0.2) is 0 Å². The second-order valence-electron chi connectivity index (χ2n) is 8.54. The summed E-state index contributed by atoms with van der Waals surface area (Å²) in [6, 6.07) is 47.2. The van der Waals surface area contributed by atoms with E-state index in [0.717, 1.165) is 19.3 Å². The van der Waals surface area contributed by atoms with Crippen molar-refractivity contribution < 1.29 is 0 Å². The molecule has 0 aliphatic heterocycles. The van der Waals surface area contributed by atoms with Crippen molar-refractivity contribution in [2.75, 3.05) is 0 Å². The summed E-state index contributed by atoms with van der Waals surface area (Å²) in [6.45, 7) is 0. The minimum Gasteiger partial charge on any atom is -0.0623 e. The third kappa shape index (κ3) is 4.96. The number of hydrogen-bond donors (Lipinski definition) is 0. The lowest BCUT2D eigenvalue weighted by molar-refractivity contribution is 1.05. The minimum absolute atomic E-state index is 0.993. The van der Waals surface area contributed by atoms with Gasteiger partial charge in [-0.15, -0.1) is 0 Å². The molecule has 0 heteroatoms. The van der Waals surface area contributed by atoms with E-state index >= 15 is 0 Å². The fourth-order valence-electron chi connectivity index (χ4n) is 4.71. The van der Waals surface area contributed by atoms with Crippen molar-refractivity contribution in [2.24, 2.45) is 0 Å². The first kappa shape index (κ1) is 21.0. The maximum Gasteiger partial charge on any atom is -0.00105 e. The number of rotatable bonds is 4. The maximum absolute atomic E-state index is 2.35. The summed E-state index contributed by atoms with van der Waals surface area (Å²) in [5.41, 5.74) is 11.5. The third-order valence-corrected chi connectivity index (χ3v) is 6.33. The molecule has 33 heavy (non-hydrogen) atoms. The van der Waals surface area contributed by atoms with Gasteiger partial charge in [0, 0.05) is 0 Å². The Morgan fingerprint density at radius 2 is 0.939 bits per heavy atom. The van der Waals surface area contributed by atoms with Crippen LogP contribution in [0.4, 0.5) is 0 Å². The zero-order valence-corrected chi connectivity index (χ0v) is 18.8. The fourth-order valence-corrected chi connectivity index (χ4v) is 4.71. The van der Waals surface area contributed by atoms with Gasteiger partial charge in [0.25, 0.3) is 0 Å². The largest absolute Gasteiger partial charge is 0.0623 e. The number of benzene rings is 5. The first-order valence-corrected chi connectivity index (χ1v) is 11.7. The topological polar surface area (TPSA) is 0 Å². The van der Waals surface area contributed by atoms with Crippen LogP contribution in [0.1, 0.15) is 33.4 Å². The Kier molecular flexibility index (Phi) is 6.45. The summed E-state index contributed by atoms with van der Waals surface area (Å²) in [5, 5.41) is 0. The van der Waals surface area contributed by atoms with E-state index in [9.17, 15) is 0 Å². The molecule has 0 nitrogen and oxygen atoms in total. The summed E-state index contributed by atoms with van der Waals surface area (Å²) < 4.78 is 0.